The molecule has 0 aliphatic heterocycles. The second-order valence-electron chi connectivity index (χ2n) is 5.57. The first-order valence-corrected chi connectivity index (χ1v) is 9.26. The van der Waals surface area contributed by atoms with Crippen LogP contribution in [-0.2, 0) is 4.79 Å². The van der Waals surface area contributed by atoms with E-state index < -0.39 is 0 Å². The highest BCUT2D eigenvalue weighted by atomic mass is 35.5. The van der Waals surface area contributed by atoms with Crippen molar-refractivity contribution in [1.82, 2.24) is 0 Å². The summed E-state index contributed by atoms with van der Waals surface area (Å²) < 4.78 is 3.32. The average molecular weight is 404 g/mol. The summed E-state index contributed by atoms with van der Waals surface area (Å²) in [7, 11) is 0. The lowest BCUT2D eigenvalue weighted by atomic mass is 10.1. The SMILES string of the molecule is CC(=O)N=C(N)c1ccc2c(NSc3cc(Cl)cc(Cl)c3)cccc2c1. The van der Waals surface area contributed by atoms with Crippen LogP contribution in [0.3, 0.4) is 0 Å². The predicted molar refractivity (Wildman–Crippen MR) is 111 cm³/mol. The maximum absolute atomic E-state index is 11.1. The van der Waals surface area contributed by atoms with Crippen molar-refractivity contribution in [2.24, 2.45) is 10.7 Å². The van der Waals surface area contributed by atoms with Gasteiger partial charge in [0, 0.05) is 32.8 Å². The van der Waals surface area contributed by atoms with Gasteiger partial charge in [0.15, 0.2) is 0 Å². The maximum atomic E-state index is 11.1. The zero-order valence-electron chi connectivity index (χ0n) is 13.8. The summed E-state index contributed by atoms with van der Waals surface area (Å²) in [5, 5.41) is 3.18. The Kier molecular flexibility index (Phi) is 5.71. The number of fused-ring (bicyclic) bond motifs is 1. The molecule has 4 nitrogen and oxygen atoms in total. The zero-order valence-corrected chi connectivity index (χ0v) is 16.1. The Labute approximate surface area is 165 Å². The summed E-state index contributed by atoms with van der Waals surface area (Å²) in [5.74, 6) is -0.115. The maximum Gasteiger partial charge on any atom is 0.244 e. The molecule has 0 unspecified atom stereocenters. The van der Waals surface area contributed by atoms with Gasteiger partial charge in [-0.1, -0.05) is 47.5 Å². The molecule has 7 heteroatoms. The van der Waals surface area contributed by atoms with Crippen LogP contribution in [0.25, 0.3) is 10.8 Å². The van der Waals surface area contributed by atoms with Crippen molar-refractivity contribution < 1.29 is 4.79 Å². The lowest BCUT2D eigenvalue weighted by molar-refractivity contribution is -0.115. The Morgan fingerprint density at radius 1 is 1.08 bits per heavy atom. The van der Waals surface area contributed by atoms with E-state index in [9.17, 15) is 4.79 Å². The average Bonchev–Trinajstić information content (AvgIpc) is 2.58. The Bertz CT molecular complexity index is 1000. The molecule has 0 bridgehead atoms. The van der Waals surface area contributed by atoms with E-state index in [1.807, 2.05) is 48.5 Å². The van der Waals surface area contributed by atoms with Gasteiger partial charge in [0.1, 0.15) is 5.84 Å². The molecule has 0 saturated heterocycles. The van der Waals surface area contributed by atoms with Gasteiger partial charge in [-0.3, -0.25) is 4.79 Å². The van der Waals surface area contributed by atoms with Crippen LogP contribution in [0.1, 0.15) is 12.5 Å². The zero-order chi connectivity index (χ0) is 18.7. The van der Waals surface area contributed by atoms with Crippen molar-refractivity contribution in [3.8, 4) is 0 Å². The van der Waals surface area contributed by atoms with Crippen LogP contribution in [0.5, 0.6) is 0 Å². The normalized spacial score (nSPS) is 11.6. The first-order valence-electron chi connectivity index (χ1n) is 7.69. The Balaban J connectivity index is 1.88. The standard InChI is InChI=1S/C19H15Cl2N3OS/c1-11(25)23-19(22)13-5-6-17-12(7-13)3-2-4-18(17)24-26-16-9-14(20)8-15(21)10-16/h2-10,24H,1H3,(H2,22,23,25). The summed E-state index contributed by atoms with van der Waals surface area (Å²) in [4.78, 5) is 15.8. The fourth-order valence-corrected chi connectivity index (χ4v) is 3.90. The monoisotopic (exact) mass is 403 g/mol. The molecule has 3 N–H and O–H groups in total. The third-order valence-corrected chi connectivity index (χ3v) is 4.80. The Morgan fingerprint density at radius 3 is 2.50 bits per heavy atom. The van der Waals surface area contributed by atoms with Crippen LogP contribution >= 0.6 is 35.1 Å². The summed E-state index contributed by atoms with van der Waals surface area (Å²) in [6, 6.07) is 17.0. The van der Waals surface area contributed by atoms with E-state index >= 15 is 0 Å². The minimum absolute atomic E-state index is 0.209. The topological polar surface area (TPSA) is 67.5 Å². The molecule has 0 atom stereocenters. The number of carbonyl (C=O) groups excluding carboxylic acids is 1. The third-order valence-electron chi connectivity index (χ3n) is 3.57. The minimum Gasteiger partial charge on any atom is -0.383 e. The van der Waals surface area contributed by atoms with Gasteiger partial charge in [-0.05, 0) is 47.7 Å². The summed E-state index contributed by atoms with van der Waals surface area (Å²) in [6.45, 7) is 1.37. The fourth-order valence-electron chi connectivity index (χ4n) is 2.47. The Hall–Kier alpha value is -2.21. The molecule has 0 saturated carbocycles. The quantitative estimate of drug-likeness (QED) is 0.342. The molecule has 3 aromatic carbocycles. The number of carbonyl (C=O) groups is 1. The molecule has 132 valence electrons. The van der Waals surface area contributed by atoms with E-state index in [1.54, 1.807) is 6.07 Å². The van der Waals surface area contributed by atoms with Crippen molar-refractivity contribution in [1.29, 1.82) is 0 Å². The van der Waals surface area contributed by atoms with E-state index in [1.165, 1.54) is 18.9 Å². The minimum atomic E-state index is -0.324. The first kappa shape index (κ1) is 18.6. The number of aliphatic imine (C=N–C) groups is 1. The number of amides is 1. The molecule has 0 radical (unpaired) electrons. The van der Waals surface area contributed by atoms with Crippen molar-refractivity contribution in [2.75, 3.05) is 4.72 Å². The number of halogens is 2. The van der Waals surface area contributed by atoms with Crippen LogP contribution in [-0.4, -0.2) is 11.7 Å². The van der Waals surface area contributed by atoms with E-state index in [4.69, 9.17) is 28.9 Å². The number of amidine groups is 1. The van der Waals surface area contributed by atoms with Gasteiger partial charge >= 0.3 is 0 Å². The Morgan fingerprint density at radius 2 is 1.81 bits per heavy atom. The molecule has 3 aromatic rings. The van der Waals surface area contributed by atoms with Crippen molar-refractivity contribution in [3.63, 3.8) is 0 Å². The highest BCUT2D eigenvalue weighted by Gasteiger charge is 2.06. The van der Waals surface area contributed by atoms with Crippen LogP contribution in [0.4, 0.5) is 5.69 Å². The smallest absolute Gasteiger partial charge is 0.244 e. The second kappa shape index (κ2) is 7.99. The number of benzene rings is 3. The van der Waals surface area contributed by atoms with Gasteiger partial charge < -0.3 is 10.5 Å². The predicted octanol–water partition coefficient (Wildman–Crippen LogP) is 5.52. The highest BCUT2D eigenvalue weighted by molar-refractivity contribution is 8.00. The van der Waals surface area contributed by atoms with E-state index in [0.717, 1.165) is 21.4 Å². The summed E-state index contributed by atoms with van der Waals surface area (Å²) in [6.07, 6.45) is 0. The number of nitrogens with one attached hydrogen (secondary N) is 1. The molecule has 26 heavy (non-hydrogen) atoms. The number of rotatable bonds is 4. The van der Waals surface area contributed by atoms with Crippen LogP contribution in [0.15, 0.2) is 64.5 Å². The summed E-state index contributed by atoms with van der Waals surface area (Å²) in [5.41, 5.74) is 7.52. The van der Waals surface area contributed by atoms with E-state index in [0.29, 0.717) is 15.6 Å². The number of nitrogens with two attached hydrogens (primary N) is 1. The van der Waals surface area contributed by atoms with Gasteiger partial charge in [0.25, 0.3) is 0 Å². The van der Waals surface area contributed by atoms with Gasteiger partial charge in [-0.25, -0.2) is 0 Å². The first-order chi connectivity index (χ1) is 12.4. The van der Waals surface area contributed by atoms with E-state index in [-0.39, 0.29) is 11.7 Å². The van der Waals surface area contributed by atoms with Gasteiger partial charge in [0.2, 0.25) is 5.91 Å². The molecular formula is C19H15Cl2N3OS. The molecule has 0 heterocycles. The van der Waals surface area contributed by atoms with Gasteiger partial charge in [-0.15, -0.1) is 0 Å². The van der Waals surface area contributed by atoms with E-state index in [2.05, 4.69) is 9.71 Å². The number of anilines is 1. The number of hydrogen-bond donors (Lipinski definition) is 2. The largest absolute Gasteiger partial charge is 0.383 e. The highest BCUT2D eigenvalue weighted by Crippen LogP contribution is 2.31. The molecule has 0 aliphatic carbocycles. The molecule has 0 aliphatic rings. The molecule has 0 spiro atoms. The summed E-state index contributed by atoms with van der Waals surface area (Å²) >= 11 is 13.5. The lowest BCUT2D eigenvalue weighted by Gasteiger charge is -2.11. The van der Waals surface area contributed by atoms with Crippen molar-refractivity contribution >= 4 is 63.4 Å². The van der Waals surface area contributed by atoms with Crippen molar-refractivity contribution in [3.05, 3.63) is 70.2 Å². The van der Waals surface area contributed by atoms with Crippen LogP contribution in [0.2, 0.25) is 10.0 Å². The van der Waals surface area contributed by atoms with Crippen molar-refractivity contribution in [2.45, 2.75) is 11.8 Å². The third kappa shape index (κ3) is 4.49. The molecule has 0 fully saturated rings. The molecule has 1 amide bonds. The van der Waals surface area contributed by atoms with Gasteiger partial charge in [-0.2, -0.15) is 4.99 Å². The molecule has 0 aromatic heterocycles. The number of hydrogen-bond acceptors (Lipinski definition) is 3. The van der Waals surface area contributed by atoms with Gasteiger partial charge in [0.05, 0.1) is 5.69 Å². The van der Waals surface area contributed by atoms with Crippen LogP contribution < -0.4 is 10.5 Å². The molecular weight excluding hydrogens is 389 g/mol. The number of nitrogens with zero attached hydrogens (tertiary/aromatic N) is 1. The lowest BCUT2D eigenvalue weighted by Crippen LogP contribution is -2.14. The van der Waals surface area contributed by atoms with Crippen LogP contribution in [0, 0.1) is 0 Å². The molecule has 3 rings (SSSR count). The fraction of sp³-hybridized carbons (Fsp3) is 0.0526. The second-order valence-corrected chi connectivity index (χ2v) is 7.32.